The van der Waals surface area contributed by atoms with Crippen LogP contribution in [0.4, 0.5) is 0 Å². The molecule has 0 aliphatic carbocycles. The van der Waals surface area contributed by atoms with Crippen LogP contribution in [-0.2, 0) is 11.2 Å². The molecule has 0 aliphatic rings. The van der Waals surface area contributed by atoms with Crippen LogP contribution in [-0.4, -0.2) is 19.3 Å². The lowest BCUT2D eigenvalue weighted by atomic mass is 10.1. The molecule has 0 saturated carbocycles. The summed E-state index contributed by atoms with van der Waals surface area (Å²) in [6, 6.07) is 8.59. The van der Waals surface area contributed by atoms with Gasteiger partial charge in [-0.15, -0.1) is 11.8 Å². The summed E-state index contributed by atoms with van der Waals surface area (Å²) >= 11 is 1.76. The number of thioether (sulfide) groups is 1. The summed E-state index contributed by atoms with van der Waals surface area (Å²) in [7, 11) is 1.55. The maximum absolute atomic E-state index is 7.34. The quantitative estimate of drug-likeness (QED) is 0.472. The third-order valence-electron chi connectivity index (χ3n) is 2.27. The number of aryl methyl sites for hydroxylation is 1. The second kappa shape index (κ2) is 6.51. The van der Waals surface area contributed by atoms with Gasteiger partial charge in [-0.05, 0) is 36.8 Å². The summed E-state index contributed by atoms with van der Waals surface area (Å²) in [6.45, 7) is 0. The molecule has 0 amide bonds. The highest BCUT2D eigenvalue weighted by molar-refractivity contribution is 7.98. The van der Waals surface area contributed by atoms with Crippen molar-refractivity contribution in [3.8, 4) is 0 Å². The zero-order valence-electron chi connectivity index (χ0n) is 9.25. The Kier molecular flexibility index (Phi) is 5.26. The third kappa shape index (κ3) is 4.38. The van der Waals surface area contributed by atoms with E-state index < -0.39 is 0 Å². The van der Waals surface area contributed by atoms with Crippen molar-refractivity contribution in [2.45, 2.75) is 24.2 Å². The number of nitrogens with one attached hydrogen (secondary N) is 1. The van der Waals surface area contributed by atoms with E-state index in [4.69, 9.17) is 10.1 Å². The van der Waals surface area contributed by atoms with Gasteiger partial charge >= 0.3 is 0 Å². The van der Waals surface area contributed by atoms with Gasteiger partial charge in [0, 0.05) is 11.3 Å². The van der Waals surface area contributed by atoms with Crippen LogP contribution in [0.1, 0.15) is 18.4 Å². The van der Waals surface area contributed by atoms with E-state index in [1.165, 1.54) is 10.5 Å². The van der Waals surface area contributed by atoms with E-state index >= 15 is 0 Å². The Morgan fingerprint density at radius 3 is 2.53 bits per heavy atom. The standard InChI is InChI=1S/C12H17NOS/c1-14-12(13)5-3-4-10-6-8-11(15-2)9-7-10/h6-9,13H,3-5H2,1-2H3. The Balaban J connectivity index is 2.34. The number of benzene rings is 1. The maximum Gasteiger partial charge on any atom is 0.180 e. The molecule has 0 unspecified atom stereocenters. The lowest BCUT2D eigenvalue weighted by Gasteiger charge is -2.03. The van der Waals surface area contributed by atoms with Gasteiger partial charge in [0.15, 0.2) is 5.90 Å². The Hall–Kier alpha value is -0.960. The summed E-state index contributed by atoms with van der Waals surface area (Å²) in [4.78, 5) is 1.29. The van der Waals surface area contributed by atoms with E-state index in [0.717, 1.165) is 19.3 Å². The van der Waals surface area contributed by atoms with Crippen LogP contribution in [0.3, 0.4) is 0 Å². The number of methoxy groups -OCH3 is 1. The number of rotatable bonds is 5. The molecule has 1 N–H and O–H groups in total. The van der Waals surface area contributed by atoms with Gasteiger partial charge in [-0.25, -0.2) is 0 Å². The first-order valence-electron chi connectivity index (χ1n) is 5.00. The topological polar surface area (TPSA) is 33.1 Å². The first-order valence-corrected chi connectivity index (χ1v) is 6.23. The van der Waals surface area contributed by atoms with Crippen LogP contribution in [0, 0.1) is 5.41 Å². The molecular weight excluding hydrogens is 206 g/mol. The van der Waals surface area contributed by atoms with Crippen LogP contribution in [0.5, 0.6) is 0 Å². The minimum atomic E-state index is 0.371. The molecule has 0 atom stereocenters. The van der Waals surface area contributed by atoms with Crippen molar-refractivity contribution in [3.63, 3.8) is 0 Å². The largest absolute Gasteiger partial charge is 0.484 e. The Morgan fingerprint density at radius 1 is 1.33 bits per heavy atom. The second-order valence-corrected chi connectivity index (χ2v) is 4.21. The fourth-order valence-electron chi connectivity index (χ4n) is 1.35. The van der Waals surface area contributed by atoms with Crippen LogP contribution < -0.4 is 0 Å². The molecule has 2 nitrogen and oxygen atoms in total. The van der Waals surface area contributed by atoms with Crippen LogP contribution in [0.15, 0.2) is 29.2 Å². The van der Waals surface area contributed by atoms with E-state index in [0.29, 0.717) is 5.90 Å². The predicted molar refractivity (Wildman–Crippen MR) is 65.9 cm³/mol. The molecule has 0 aromatic heterocycles. The Bertz CT molecular complexity index is 308. The van der Waals surface area contributed by atoms with Gasteiger partial charge in [0.1, 0.15) is 0 Å². The number of hydrogen-bond acceptors (Lipinski definition) is 3. The van der Waals surface area contributed by atoms with Crippen molar-refractivity contribution in [2.75, 3.05) is 13.4 Å². The van der Waals surface area contributed by atoms with E-state index in [1.807, 2.05) is 0 Å². The van der Waals surface area contributed by atoms with Gasteiger partial charge in [0.25, 0.3) is 0 Å². The summed E-state index contributed by atoms with van der Waals surface area (Å²) in [6.07, 6.45) is 4.79. The molecule has 0 fully saturated rings. The van der Waals surface area contributed by atoms with E-state index in [2.05, 4.69) is 30.5 Å². The molecule has 0 aliphatic heterocycles. The SMILES string of the molecule is COC(=N)CCCc1ccc(SC)cc1. The molecule has 15 heavy (non-hydrogen) atoms. The first-order chi connectivity index (χ1) is 7.26. The smallest absolute Gasteiger partial charge is 0.180 e. The molecule has 82 valence electrons. The average molecular weight is 223 g/mol. The van der Waals surface area contributed by atoms with Gasteiger partial charge in [0.05, 0.1) is 7.11 Å². The molecule has 1 aromatic rings. The summed E-state index contributed by atoms with van der Waals surface area (Å²) in [5.41, 5.74) is 1.33. The normalized spacial score (nSPS) is 10.0. The summed E-state index contributed by atoms with van der Waals surface area (Å²) in [5.74, 6) is 0.371. The molecule has 0 saturated heterocycles. The third-order valence-corrected chi connectivity index (χ3v) is 3.02. The Morgan fingerprint density at radius 2 is 2.00 bits per heavy atom. The zero-order chi connectivity index (χ0) is 11.1. The van der Waals surface area contributed by atoms with Gasteiger partial charge in [-0.2, -0.15) is 0 Å². The van der Waals surface area contributed by atoms with Crippen LogP contribution >= 0.6 is 11.8 Å². The minimum Gasteiger partial charge on any atom is -0.484 e. The molecule has 0 radical (unpaired) electrons. The molecular formula is C12H17NOS. The first kappa shape index (κ1) is 12.1. The fraction of sp³-hybridized carbons (Fsp3) is 0.417. The second-order valence-electron chi connectivity index (χ2n) is 3.33. The van der Waals surface area contributed by atoms with Gasteiger partial charge in [0.2, 0.25) is 0 Å². The highest BCUT2D eigenvalue weighted by atomic mass is 32.2. The van der Waals surface area contributed by atoms with Crippen LogP contribution in [0.25, 0.3) is 0 Å². The van der Waals surface area contributed by atoms with Gasteiger partial charge in [-0.3, -0.25) is 5.41 Å². The minimum absolute atomic E-state index is 0.371. The molecule has 1 rings (SSSR count). The van der Waals surface area contributed by atoms with Crippen LogP contribution in [0.2, 0.25) is 0 Å². The number of ether oxygens (including phenoxy) is 1. The predicted octanol–water partition coefficient (Wildman–Crippen LogP) is 3.35. The van der Waals surface area contributed by atoms with Crippen molar-refractivity contribution in [1.82, 2.24) is 0 Å². The molecule has 1 aromatic carbocycles. The molecule has 0 heterocycles. The highest BCUT2D eigenvalue weighted by Crippen LogP contribution is 2.15. The number of hydrogen-bond donors (Lipinski definition) is 1. The van der Waals surface area contributed by atoms with Crippen molar-refractivity contribution in [3.05, 3.63) is 29.8 Å². The Labute approximate surface area is 95.5 Å². The lowest BCUT2D eigenvalue weighted by molar-refractivity contribution is 0.384. The lowest BCUT2D eigenvalue weighted by Crippen LogP contribution is -1.99. The highest BCUT2D eigenvalue weighted by Gasteiger charge is 1.97. The van der Waals surface area contributed by atoms with Crippen molar-refractivity contribution in [1.29, 1.82) is 5.41 Å². The summed E-state index contributed by atoms with van der Waals surface area (Å²) in [5, 5.41) is 7.34. The fourth-order valence-corrected chi connectivity index (χ4v) is 1.76. The van der Waals surface area contributed by atoms with E-state index in [-0.39, 0.29) is 0 Å². The van der Waals surface area contributed by atoms with Gasteiger partial charge < -0.3 is 4.74 Å². The zero-order valence-corrected chi connectivity index (χ0v) is 10.1. The monoisotopic (exact) mass is 223 g/mol. The van der Waals surface area contributed by atoms with E-state index in [1.54, 1.807) is 18.9 Å². The van der Waals surface area contributed by atoms with Crippen molar-refractivity contribution >= 4 is 17.7 Å². The molecule has 0 bridgehead atoms. The summed E-state index contributed by atoms with van der Waals surface area (Å²) < 4.78 is 4.80. The van der Waals surface area contributed by atoms with E-state index in [9.17, 15) is 0 Å². The van der Waals surface area contributed by atoms with Gasteiger partial charge in [-0.1, -0.05) is 12.1 Å². The molecule has 3 heteroatoms. The van der Waals surface area contributed by atoms with Crippen molar-refractivity contribution in [2.24, 2.45) is 0 Å². The maximum atomic E-state index is 7.34. The molecule has 0 spiro atoms. The van der Waals surface area contributed by atoms with Crippen molar-refractivity contribution < 1.29 is 4.74 Å². The average Bonchev–Trinajstić information content (AvgIpc) is 2.29.